The first kappa shape index (κ1) is 25.0. The number of nitrogens with zero attached hydrogens (tertiary/aromatic N) is 1. The lowest BCUT2D eigenvalue weighted by atomic mass is 9.66. The molecule has 3 heterocycles. The zero-order chi connectivity index (χ0) is 23.7. The van der Waals surface area contributed by atoms with Gasteiger partial charge in [-0.1, -0.05) is 40.0 Å². The van der Waals surface area contributed by atoms with Gasteiger partial charge in [0.15, 0.2) is 0 Å². The Balaban J connectivity index is 2.02. The van der Waals surface area contributed by atoms with Crippen LogP contribution in [-0.2, 0) is 23.9 Å². The van der Waals surface area contributed by atoms with Crippen LogP contribution >= 0.6 is 0 Å². The first-order chi connectivity index (χ1) is 15.2. The molecule has 0 aromatic carbocycles. The monoisotopic (exact) mass is 452 g/mol. The molecule has 32 heavy (non-hydrogen) atoms. The van der Waals surface area contributed by atoms with Crippen LogP contribution in [0.3, 0.4) is 0 Å². The van der Waals surface area contributed by atoms with Gasteiger partial charge in [0.1, 0.15) is 17.6 Å². The van der Waals surface area contributed by atoms with Crippen LogP contribution in [-0.4, -0.2) is 70.8 Å². The molecule has 3 aliphatic rings. The molecule has 3 saturated heterocycles. The molecule has 0 aromatic heterocycles. The predicted molar refractivity (Wildman–Crippen MR) is 119 cm³/mol. The number of fused-ring (bicyclic) bond motifs is 1. The van der Waals surface area contributed by atoms with Gasteiger partial charge in [-0.25, -0.2) is 0 Å². The lowest BCUT2D eigenvalue weighted by molar-refractivity contribution is -0.160. The van der Waals surface area contributed by atoms with E-state index in [2.05, 4.69) is 12.2 Å². The number of esters is 1. The molecule has 0 aliphatic carbocycles. The van der Waals surface area contributed by atoms with Crippen molar-refractivity contribution in [2.45, 2.75) is 96.4 Å². The van der Waals surface area contributed by atoms with Crippen molar-refractivity contribution in [1.29, 1.82) is 0 Å². The molecule has 2 amide bonds. The molecule has 8 nitrogen and oxygen atoms in total. The molecule has 8 heteroatoms. The standard InChI is InChI=1S/C24H40N2O6/c1-6-9-10-13-25-20(28)19-24-12-11-23(5,32-24)18(22(30)31-8-3)17(24)21(29)26(19)16(14-27)15(4)7-2/h15-19,27H,6-14H2,1-5H3,(H,25,28)/t15-,16-,17-,18-,19?,23+,24?/m0/s1. The van der Waals surface area contributed by atoms with E-state index < -0.39 is 41.1 Å². The van der Waals surface area contributed by atoms with Gasteiger partial charge in [-0.3, -0.25) is 14.4 Å². The third-order valence-electron chi connectivity index (χ3n) is 7.93. The van der Waals surface area contributed by atoms with Gasteiger partial charge in [-0.15, -0.1) is 0 Å². The number of ether oxygens (including phenoxy) is 2. The Labute approximate surface area is 191 Å². The Bertz CT molecular complexity index is 729. The second-order valence-corrected chi connectivity index (χ2v) is 9.86. The van der Waals surface area contributed by atoms with Crippen molar-refractivity contribution in [3.8, 4) is 0 Å². The molecule has 3 fully saturated rings. The second-order valence-electron chi connectivity index (χ2n) is 9.86. The maximum absolute atomic E-state index is 13.9. The van der Waals surface area contributed by atoms with E-state index in [1.165, 1.54) is 0 Å². The quantitative estimate of drug-likeness (QED) is 0.367. The zero-order valence-electron chi connectivity index (χ0n) is 20.2. The summed E-state index contributed by atoms with van der Waals surface area (Å²) < 4.78 is 11.9. The smallest absolute Gasteiger partial charge is 0.312 e. The molecule has 7 atom stereocenters. The lowest BCUT2D eigenvalue weighted by Crippen LogP contribution is -2.59. The van der Waals surface area contributed by atoms with Crippen LogP contribution in [0.2, 0.25) is 0 Å². The number of amides is 2. The van der Waals surface area contributed by atoms with Gasteiger partial charge in [-0.2, -0.15) is 0 Å². The second kappa shape index (κ2) is 9.67. The summed E-state index contributed by atoms with van der Waals surface area (Å²) in [5.74, 6) is -2.51. The largest absolute Gasteiger partial charge is 0.466 e. The molecule has 182 valence electrons. The Kier molecular flexibility index (Phi) is 7.55. The van der Waals surface area contributed by atoms with Gasteiger partial charge in [-0.05, 0) is 39.0 Å². The van der Waals surface area contributed by atoms with Crippen molar-refractivity contribution in [3.05, 3.63) is 0 Å². The van der Waals surface area contributed by atoms with Crippen LogP contribution in [0.5, 0.6) is 0 Å². The fourth-order valence-electron chi connectivity index (χ4n) is 6.11. The van der Waals surface area contributed by atoms with Crippen molar-refractivity contribution in [2.75, 3.05) is 19.8 Å². The number of rotatable bonds is 11. The normalized spacial score (nSPS) is 35.0. The van der Waals surface area contributed by atoms with E-state index in [-0.39, 0.29) is 30.9 Å². The third kappa shape index (κ3) is 3.83. The predicted octanol–water partition coefficient (Wildman–Crippen LogP) is 2.03. The number of aliphatic hydroxyl groups is 1. The lowest BCUT2D eigenvalue weighted by Gasteiger charge is -2.39. The first-order valence-electron chi connectivity index (χ1n) is 12.3. The van der Waals surface area contributed by atoms with Crippen molar-refractivity contribution >= 4 is 17.8 Å². The molecule has 2 unspecified atom stereocenters. The van der Waals surface area contributed by atoms with Crippen molar-refractivity contribution in [1.82, 2.24) is 10.2 Å². The number of nitrogens with one attached hydrogen (secondary N) is 1. The first-order valence-corrected chi connectivity index (χ1v) is 12.3. The van der Waals surface area contributed by atoms with Crippen LogP contribution < -0.4 is 5.32 Å². The minimum atomic E-state index is -1.07. The van der Waals surface area contributed by atoms with Crippen molar-refractivity contribution < 1.29 is 29.0 Å². The van der Waals surface area contributed by atoms with E-state index in [0.29, 0.717) is 19.4 Å². The molecular weight excluding hydrogens is 412 g/mol. The summed E-state index contributed by atoms with van der Waals surface area (Å²) >= 11 is 0. The molecule has 2 N–H and O–H groups in total. The third-order valence-corrected chi connectivity index (χ3v) is 7.93. The number of hydrogen-bond donors (Lipinski definition) is 2. The van der Waals surface area contributed by atoms with Crippen LogP contribution in [0.1, 0.15) is 73.1 Å². The summed E-state index contributed by atoms with van der Waals surface area (Å²) in [5, 5.41) is 13.2. The Morgan fingerprint density at radius 1 is 1.28 bits per heavy atom. The summed E-state index contributed by atoms with van der Waals surface area (Å²) in [4.78, 5) is 41.9. The van der Waals surface area contributed by atoms with Gasteiger partial charge in [0.05, 0.1) is 30.8 Å². The molecule has 3 rings (SSSR count). The Morgan fingerprint density at radius 3 is 2.59 bits per heavy atom. The van der Waals surface area contributed by atoms with E-state index >= 15 is 0 Å². The molecular formula is C24H40N2O6. The number of aliphatic hydroxyl groups excluding tert-OH is 1. The maximum Gasteiger partial charge on any atom is 0.312 e. The number of likely N-dealkylation sites (tertiary alicyclic amines) is 1. The molecule has 0 radical (unpaired) electrons. The summed E-state index contributed by atoms with van der Waals surface area (Å²) in [7, 11) is 0. The average Bonchev–Trinajstić information content (AvgIpc) is 3.33. The van der Waals surface area contributed by atoms with Gasteiger partial charge < -0.3 is 24.8 Å². The number of carbonyl (C=O) groups is 3. The Morgan fingerprint density at radius 2 is 2.00 bits per heavy atom. The fourth-order valence-corrected chi connectivity index (χ4v) is 6.11. The Hall–Kier alpha value is -1.67. The number of carbonyl (C=O) groups excluding carboxylic acids is 3. The molecule has 3 aliphatic heterocycles. The average molecular weight is 453 g/mol. The maximum atomic E-state index is 13.9. The van der Waals surface area contributed by atoms with Crippen molar-refractivity contribution in [2.24, 2.45) is 17.8 Å². The van der Waals surface area contributed by atoms with Gasteiger partial charge in [0.25, 0.3) is 0 Å². The van der Waals surface area contributed by atoms with Gasteiger partial charge >= 0.3 is 5.97 Å². The molecule has 0 aromatic rings. The topological polar surface area (TPSA) is 105 Å². The van der Waals surface area contributed by atoms with Crippen LogP contribution in [0.4, 0.5) is 0 Å². The number of unbranched alkanes of at least 4 members (excludes halogenated alkanes) is 2. The van der Waals surface area contributed by atoms with E-state index in [0.717, 1.165) is 25.7 Å². The highest BCUT2D eigenvalue weighted by Gasteiger charge is 2.78. The molecule has 0 saturated carbocycles. The van der Waals surface area contributed by atoms with Gasteiger partial charge in [0.2, 0.25) is 11.8 Å². The zero-order valence-corrected chi connectivity index (χ0v) is 20.2. The van der Waals surface area contributed by atoms with Crippen molar-refractivity contribution in [3.63, 3.8) is 0 Å². The number of hydrogen-bond acceptors (Lipinski definition) is 6. The van der Waals surface area contributed by atoms with E-state index in [1.54, 1.807) is 11.8 Å². The van der Waals surface area contributed by atoms with Crippen LogP contribution in [0.15, 0.2) is 0 Å². The van der Waals surface area contributed by atoms with E-state index in [1.807, 2.05) is 20.8 Å². The highest BCUT2D eigenvalue weighted by molar-refractivity contribution is 5.98. The van der Waals surface area contributed by atoms with E-state index in [9.17, 15) is 19.5 Å². The molecule has 1 spiro atoms. The highest BCUT2D eigenvalue weighted by Crippen LogP contribution is 2.63. The molecule has 2 bridgehead atoms. The summed E-state index contributed by atoms with van der Waals surface area (Å²) in [6.45, 7) is 10.2. The van der Waals surface area contributed by atoms with E-state index in [4.69, 9.17) is 9.47 Å². The van der Waals surface area contributed by atoms with Crippen LogP contribution in [0.25, 0.3) is 0 Å². The van der Waals surface area contributed by atoms with Gasteiger partial charge in [0, 0.05) is 6.54 Å². The van der Waals surface area contributed by atoms with Crippen LogP contribution in [0, 0.1) is 17.8 Å². The minimum Gasteiger partial charge on any atom is -0.466 e. The SMILES string of the molecule is CCCCCNC(=O)C1N([C@@H](CO)[C@@H](C)CC)C(=O)[C@@H]2[C@@H](C(=O)OCC)[C@@]3(C)CCC12O3. The fraction of sp³-hybridized carbons (Fsp3) is 0.875. The summed E-state index contributed by atoms with van der Waals surface area (Å²) in [6, 6.07) is -1.38. The minimum absolute atomic E-state index is 0.0107. The highest BCUT2D eigenvalue weighted by atomic mass is 16.6. The summed E-state index contributed by atoms with van der Waals surface area (Å²) in [5.41, 5.74) is -1.90. The summed E-state index contributed by atoms with van der Waals surface area (Å²) in [6.07, 6.45) is 4.76.